The molecule has 0 amide bonds. The van der Waals surface area contributed by atoms with Crippen molar-refractivity contribution in [2.75, 3.05) is 35.0 Å². The van der Waals surface area contributed by atoms with E-state index in [0.29, 0.717) is 0 Å². The van der Waals surface area contributed by atoms with Gasteiger partial charge in [-0.15, -0.1) is 0 Å². The van der Waals surface area contributed by atoms with Crippen LogP contribution in [-0.4, -0.2) is 74.8 Å². The van der Waals surface area contributed by atoms with Crippen LogP contribution in [0.3, 0.4) is 0 Å². The highest BCUT2D eigenvalue weighted by Crippen LogP contribution is 2.44. The minimum absolute atomic E-state index is 0.109. The summed E-state index contributed by atoms with van der Waals surface area (Å²) < 4.78 is 27.7. The van der Waals surface area contributed by atoms with Crippen molar-refractivity contribution in [2.24, 2.45) is 0 Å². The Hall–Kier alpha value is -1.58. The molecule has 1 saturated heterocycles. The van der Waals surface area contributed by atoms with Crippen molar-refractivity contribution in [3.8, 4) is 17.2 Å². The van der Waals surface area contributed by atoms with Crippen LogP contribution in [0.25, 0.3) is 0 Å². The van der Waals surface area contributed by atoms with Gasteiger partial charge in [0.25, 0.3) is 0 Å². The summed E-state index contributed by atoms with van der Waals surface area (Å²) in [6, 6.07) is 2.25. The summed E-state index contributed by atoms with van der Waals surface area (Å²) in [6.45, 7) is 0.227. The van der Waals surface area contributed by atoms with E-state index in [4.69, 9.17) is 23.7 Å². The second-order valence-electron chi connectivity index (χ2n) is 5.55. The Morgan fingerprint density at radius 3 is 1.88 bits per heavy atom. The Balaban J connectivity index is 2.47. The highest BCUT2D eigenvalue weighted by Gasteiger charge is 2.48. The van der Waals surface area contributed by atoms with E-state index in [0.717, 1.165) is 12.1 Å². The van der Waals surface area contributed by atoms with E-state index in [1.54, 1.807) is 0 Å². The summed E-state index contributed by atoms with van der Waals surface area (Å²) in [5, 5.41) is 29.9. The lowest BCUT2D eigenvalue weighted by Gasteiger charge is -2.45. The van der Waals surface area contributed by atoms with E-state index >= 15 is 0 Å². The molecule has 1 aliphatic rings. The van der Waals surface area contributed by atoms with E-state index < -0.39 is 30.5 Å². The van der Waals surface area contributed by atoms with Crippen LogP contribution in [-0.2, 0) is 23.7 Å². The van der Waals surface area contributed by atoms with Crippen molar-refractivity contribution < 1.29 is 39.0 Å². The van der Waals surface area contributed by atoms with Crippen molar-refractivity contribution in [2.45, 2.75) is 30.5 Å². The van der Waals surface area contributed by atoms with Crippen LogP contribution in [0.5, 0.6) is 17.2 Å². The predicted octanol–water partition coefficient (Wildman–Crippen LogP) is 0.935. The quantitative estimate of drug-likeness (QED) is 0.700. The Labute approximate surface area is 140 Å². The SMILES string of the molecule is COC[C@H]1O[C@@H](c2c(O)cc(O)cc2O)[C@H](OC)[C@@H](OC)[C@@H]1OC. The second-order valence-corrected chi connectivity index (χ2v) is 5.55. The molecule has 1 aromatic carbocycles. The van der Waals surface area contributed by atoms with Gasteiger partial charge in [0.1, 0.15) is 47.8 Å². The van der Waals surface area contributed by atoms with E-state index in [1.807, 2.05) is 0 Å². The predicted molar refractivity (Wildman–Crippen MR) is 83.3 cm³/mol. The van der Waals surface area contributed by atoms with E-state index in [2.05, 4.69) is 0 Å². The average molecular weight is 344 g/mol. The molecule has 0 aromatic heterocycles. The Morgan fingerprint density at radius 1 is 0.875 bits per heavy atom. The lowest BCUT2D eigenvalue weighted by atomic mass is 9.89. The molecule has 8 heteroatoms. The van der Waals surface area contributed by atoms with E-state index in [-0.39, 0.29) is 29.4 Å². The minimum atomic E-state index is -0.841. The van der Waals surface area contributed by atoms with Crippen molar-refractivity contribution >= 4 is 0 Å². The first-order valence-corrected chi connectivity index (χ1v) is 7.46. The van der Waals surface area contributed by atoms with E-state index in [1.165, 1.54) is 28.4 Å². The summed E-state index contributed by atoms with van der Waals surface area (Å²) in [4.78, 5) is 0. The Morgan fingerprint density at radius 2 is 1.42 bits per heavy atom. The summed E-state index contributed by atoms with van der Waals surface area (Å²) in [5.41, 5.74) is 0.109. The largest absolute Gasteiger partial charge is 0.508 e. The van der Waals surface area contributed by atoms with Gasteiger partial charge in [0.2, 0.25) is 0 Å². The molecular formula is C16H24O8. The zero-order valence-corrected chi connectivity index (χ0v) is 14.1. The molecule has 0 saturated carbocycles. The van der Waals surface area contributed by atoms with Gasteiger partial charge in [0.05, 0.1) is 12.2 Å². The van der Waals surface area contributed by atoms with Gasteiger partial charge in [-0.25, -0.2) is 0 Å². The fourth-order valence-corrected chi connectivity index (χ4v) is 3.16. The molecule has 1 aliphatic heterocycles. The smallest absolute Gasteiger partial charge is 0.128 e. The average Bonchev–Trinajstić information content (AvgIpc) is 2.53. The maximum absolute atomic E-state index is 10.2. The number of rotatable bonds is 6. The van der Waals surface area contributed by atoms with Crippen LogP contribution in [0.4, 0.5) is 0 Å². The van der Waals surface area contributed by atoms with Gasteiger partial charge in [-0.3, -0.25) is 0 Å². The lowest BCUT2D eigenvalue weighted by molar-refractivity contribution is -0.252. The Kier molecular flexibility index (Phi) is 6.25. The summed E-state index contributed by atoms with van der Waals surface area (Å²) in [7, 11) is 6.06. The van der Waals surface area contributed by atoms with Crippen LogP contribution in [0, 0.1) is 0 Å². The summed E-state index contributed by atoms with van der Waals surface area (Å²) in [5.74, 6) is -0.868. The van der Waals surface area contributed by atoms with Gasteiger partial charge in [-0.05, 0) is 0 Å². The molecule has 1 aromatic rings. The first kappa shape index (κ1) is 18.8. The number of benzene rings is 1. The number of hydrogen-bond donors (Lipinski definition) is 3. The lowest BCUT2D eigenvalue weighted by Crippen LogP contribution is -2.57. The molecule has 0 bridgehead atoms. The number of hydrogen-bond acceptors (Lipinski definition) is 8. The second kappa shape index (κ2) is 8.00. The number of phenols is 3. The van der Waals surface area contributed by atoms with Crippen LogP contribution >= 0.6 is 0 Å². The fraction of sp³-hybridized carbons (Fsp3) is 0.625. The van der Waals surface area contributed by atoms with Crippen LogP contribution < -0.4 is 0 Å². The number of methoxy groups -OCH3 is 4. The molecule has 1 fully saturated rings. The van der Waals surface area contributed by atoms with Gasteiger partial charge < -0.3 is 39.0 Å². The molecule has 5 atom stereocenters. The highest BCUT2D eigenvalue weighted by molar-refractivity contribution is 5.50. The Bertz CT molecular complexity index is 526. The maximum atomic E-state index is 10.2. The molecule has 0 radical (unpaired) electrons. The molecular weight excluding hydrogens is 320 g/mol. The van der Waals surface area contributed by atoms with Gasteiger partial charge in [0.15, 0.2) is 0 Å². The van der Waals surface area contributed by atoms with E-state index in [9.17, 15) is 15.3 Å². The van der Waals surface area contributed by atoms with Crippen molar-refractivity contribution in [1.29, 1.82) is 0 Å². The first-order chi connectivity index (χ1) is 11.5. The normalized spacial score (nSPS) is 30.4. The molecule has 8 nitrogen and oxygen atoms in total. The number of aromatic hydroxyl groups is 3. The van der Waals surface area contributed by atoms with Gasteiger partial charge in [0, 0.05) is 40.6 Å². The first-order valence-electron chi connectivity index (χ1n) is 7.46. The van der Waals surface area contributed by atoms with Crippen molar-refractivity contribution in [3.05, 3.63) is 17.7 Å². The number of ether oxygens (including phenoxy) is 5. The highest BCUT2D eigenvalue weighted by atomic mass is 16.6. The molecule has 24 heavy (non-hydrogen) atoms. The standard InChI is InChI=1S/C16H24O8/c1-20-7-11-13(21-2)15(22-3)16(23-4)14(24-11)12-9(18)5-8(17)6-10(12)19/h5-6,11,13-19H,7H2,1-4H3/t11-,13-,14+,15+,16+/m1/s1. The van der Waals surface area contributed by atoms with Crippen molar-refractivity contribution in [3.63, 3.8) is 0 Å². The molecule has 0 spiro atoms. The van der Waals surface area contributed by atoms with Gasteiger partial charge in [-0.1, -0.05) is 0 Å². The van der Waals surface area contributed by atoms with Crippen LogP contribution in [0.15, 0.2) is 12.1 Å². The molecule has 0 unspecified atom stereocenters. The summed E-state index contributed by atoms with van der Waals surface area (Å²) in [6.07, 6.45) is -2.99. The van der Waals surface area contributed by atoms with Gasteiger partial charge >= 0.3 is 0 Å². The maximum Gasteiger partial charge on any atom is 0.128 e. The van der Waals surface area contributed by atoms with Crippen molar-refractivity contribution in [1.82, 2.24) is 0 Å². The molecule has 2 rings (SSSR count). The molecule has 0 aliphatic carbocycles. The zero-order chi connectivity index (χ0) is 17.9. The van der Waals surface area contributed by atoms with Crippen LogP contribution in [0.2, 0.25) is 0 Å². The third-order valence-electron chi connectivity index (χ3n) is 4.19. The minimum Gasteiger partial charge on any atom is -0.508 e. The fourth-order valence-electron chi connectivity index (χ4n) is 3.16. The van der Waals surface area contributed by atoms with Crippen LogP contribution in [0.1, 0.15) is 11.7 Å². The number of phenolic OH excluding ortho intramolecular Hbond substituents is 3. The molecule has 3 N–H and O–H groups in total. The molecule has 1 heterocycles. The topological polar surface area (TPSA) is 107 Å². The monoisotopic (exact) mass is 344 g/mol. The zero-order valence-electron chi connectivity index (χ0n) is 14.1. The summed E-state index contributed by atoms with van der Waals surface area (Å²) >= 11 is 0. The third-order valence-corrected chi connectivity index (χ3v) is 4.19. The molecule has 136 valence electrons. The third kappa shape index (κ3) is 3.42. The van der Waals surface area contributed by atoms with Gasteiger partial charge in [-0.2, -0.15) is 0 Å².